The van der Waals surface area contributed by atoms with E-state index in [0.29, 0.717) is 16.3 Å². The highest BCUT2D eigenvalue weighted by Gasteiger charge is 2.22. The average molecular weight is 360 g/mol. The smallest absolute Gasteiger partial charge is 0.339 e. The van der Waals surface area contributed by atoms with Gasteiger partial charge in [-0.15, -0.1) is 0 Å². The zero-order valence-electron chi connectivity index (χ0n) is 15.1. The minimum absolute atomic E-state index is 0.402. The molecule has 4 nitrogen and oxygen atoms in total. The molecule has 2 rings (SSSR count). The molecule has 0 aromatic heterocycles. The van der Waals surface area contributed by atoms with Crippen molar-refractivity contribution in [3.05, 3.63) is 63.2 Å². The number of anilines is 1. The Balaban J connectivity index is 2.11. The van der Waals surface area contributed by atoms with Crippen LogP contribution < -0.4 is 5.32 Å². The van der Waals surface area contributed by atoms with Crippen molar-refractivity contribution in [3.8, 4) is 0 Å². The Morgan fingerprint density at radius 3 is 2.20 bits per heavy atom. The molecule has 25 heavy (non-hydrogen) atoms. The van der Waals surface area contributed by atoms with E-state index in [4.69, 9.17) is 16.3 Å². The van der Waals surface area contributed by atoms with Crippen molar-refractivity contribution in [3.63, 3.8) is 0 Å². The first-order chi connectivity index (χ1) is 11.7. The molecule has 0 aliphatic carbocycles. The Labute approximate surface area is 153 Å². The molecular formula is C20H22ClNO3. The summed E-state index contributed by atoms with van der Waals surface area (Å²) in [5, 5.41) is 3.27. The van der Waals surface area contributed by atoms with Gasteiger partial charge in [-0.3, -0.25) is 4.79 Å². The summed E-state index contributed by atoms with van der Waals surface area (Å²) >= 11 is 5.96. The number of rotatable bonds is 4. The SMILES string of the molecule is Cc1cc(C)c(C(=O)OC(C)C(=O)Nc2cc(Cl)ccc2C)c(C)c1. The van der Waals surface area contributed by atoms with Crippen LogP contribution in [0.15, 0.2) is 30.3 Å². The third-order valence-electron chi connectivity index (χ3n) is 3.99. The van der Waals surface area contributed by atoms with Crippen LogP contribution in [0.4, 0.5) is 5.69 Å². The van der Waals surface area contributed by atoms with Crippen LogP contribution in [0.3, 0.4) is 0 Å². The molecule has 0 radical (unpaired) electrons. The number of halogens is 1. The number of carbonyl (C=O) groups excluding carboxylic acids is 2. The standard InChI is InChI=1S/C20H22ClNO3/c1-11-8-13(3)18(14(4)9-11)20(24)25-15(5)19(23)22-17-10-16(21)7-6-12(17)2/h6-10,15H,1-5H3,(H,22,23). The normalized spacial score (nSPS) is 11.8. The zero-order valence-corrected chi connectivity index (χ0v) is 15.8. The summed E-state index contributed by atoms with van der Waals surface area (Å²) in [4.78, 5) is 24.8. The minimum Gasteiger partial charge on any atom is -0.449 e. The van der Waals surface area contributed by atoms with Gasteiger partial charge in [-0.05, 0) is 63.4 Å². The number of carbonyl (C=O) groups is 2. The van der Waals surface area contributed by atoms with Gasteiger partial charge in [0.1, 0.15) is 0 Å². The summed E-state index contributed by atoms with van der Waals surface area (Å²) in [5.41, 5.74) is 4.73. The van der Waals surface area contributed by atoms with E-state index in [1.165, 1.54) is 0 Å². The fourth-order valence-corrected chi connectivity index (χ4v) is 2.91. The largest absolute Gasteiger partial charge is 0.449 e. The van der Waals surface area contributed by atoms with Crippen LogP contribution in [0.5, 0.6) is 0 Å². The molecular weight excluding hydrogens is 338 g/mol. The van der Waals surface area contributed by atoms with Crippen LogP contribution >= 0.6 is 11.6 Å². The first kappa shape index (κ1) is 19.0. The summed E-state index contributed by atoms with van der Waals surface area (Å²) in [6, 6.07) is 9.07. The van der Waals surface area contributed by atoms with Crippen LogP contribution in [0, 0.1) is 27.7 Å². The molecule has 0 bridgehead atoms. The lowest BCUT2D eigenvalue weighted by Gasteiger charge is -2.17. The summed E-state index contributed by atoms with van der Waals surface area (Å²) < 4.78 is 5.36. The Bertz CT molecular complexity index is 807. The molecule has 1 amide bonds. The van der Waals surface area contributed by atoms with Crippen molar-refractivity contribution in [2.24, 2.45) is 0 Å². The number of nitrogens with one attached hydrogen (secondary N) is 1. The number of esters is 1. The molecule has 1 unspecified atom stereocenters. The zero-order chi connectivity index (χ0) is 18.7. The highest BCUT2D eigenvalue weighted by atomic mass is 35.5. The van der Waals surface area contributed by atoms with E-state index in [0.717, 1.165) is 22.3 Å². The summed E-state index contributed by atoms with van der Waals surface area (Å²) in [7, 11) is 0. The number of ether oxygens (including phenoxy) is 1. The second-order valence-electron chi connectivity index (χ2n) is 6.27. The van der Waals surface area contributed by atoms with Crippen molar-refractivity contribution in [2.75, 3.05) is 5.32 Å². The van der Waals surface area contributed by atoms with Gasteiger partial charge in [0.05, 0.1) is 5.56 Å². The number of hydrogen-bond acceptors (Lipinski definition) is 3. The number of hydrogen-bond donors (Lipinski definition) is 1. The van der Waals surface area contributed by atoms with Gasteiger partial charge >= 0.3 is 5.97 Å². The highest BCUT2D eigenvalue weighted by molar-refractivity contribution is 6.31. The molecule has 0 heterocycles. The predicted molar refractivity (Wildman–Crippen MR) is 100 cm³/mol. The Kier molecular flexibility index (Phi) is 5.85. The Morgan fingerprint density at radius 1 is 1.00 bits per heavy atom. The lowest BCUT2D eigenvalue weighted by molar-refractivity contribution is -0.123. The van der Waals surface area contributed by atoms with Crippen LogP contribution in [0.2, 0.25) is 5.02 Å². The van der Waals surface area contributed by atoms with E-state index in [2.05, 4.69) is 5.32 Å². The molecule has 0 saturated heterocycles. The minimum atomic E-state index is -0.925. The molecule has 0 saturated carbocycles. The van der Waals surface area contributed by atoms with Crippen molar-refractivity contribution >= 4 is 29.2 Å². The van der Waals surface area contributed by atoms with Gasteiger partial charge < -0.3 is 10.1 Å². The highest BCUT2D eigenvalue weighted by Crippen LogP contribution is 2.21. The fourth-order valence-electron chi connectivity index (χ4n) is 2.74. The maximum Gasteiger partial charge on any atom is 0.339 e. The molecule has 0 spiro atoms. The number of aryl methyl sites for hydroxylation is 4. The molecule has 1 atom stereocenters. The molecule has 0 aliphatic heterocycles. The molecule has 132 valence electrons. The average Bonchev–Trinajstić information content (AvgIpc) is 2.49. The van der Waals surface area contributed by atoms with E-state index < -0.39 is 18.0 Å². The van der Waals surface area contributed by atoms with Crippen molar-refractivity contribution < 1.29 is 14.3 Å². The Hall–Kier alpha value is -2.33. The van der Waals surface area contributed by atoms with Gasteiger partial charge in [-0.1, -0.05) is 35.4 Å². The molecule has 1 N–H and O–H groups in total. The van der Waals surface area contributed by atoms with E-state index in [1.807, 2.05) is 45.9 Å². The van der Waals surface area contributed by atoms with Gasteiger partial charge in [0.25, 0.3) is 5.91 Å². The Morgan fingerprint density at radius 2 is 1.60 bits per heavy atom. The molecule has 2 aromatic carbocycles. The second-order valence-corrected chi connectivity index (χ2v) is 6.71. The lowest BCUT2D eigenvalue weighted by atomic mass is 10.00. The van der Waals surface area contributed by atoms with Crippen LogP contribution in [-0.2, 0) is 9.53 Å². The molecule has 0 fully saturated rings. The van der Waals surface area contributed by atoms with E-state index in [9.17, 15) is 9.59 Å². The van der Waals surface area contributed by atoms with Crippen molar-refractivity contribution in [1.29, 1.82) is 0 Å². The monoisotopic (exact) mass is 359 g/mol. The van der Waals surface area contributed by atoms with Gasteiger partial charge in [0.15, 0.2) is 6.10 Å². The molecule has 5 heteroatoms. The van der Waals surface area contributed by atoms with Crippen molar-refractivity contribution in [2.45, 2.75) is 40.7 Å². The quantitative estimate of drug-likeness (QED) is 0.801. The van der Waals surface area contributed by atoms with E-state index >= 15 is 0 Å². The van der Waals surface area contributed by atoms with E-state index in [-0.39, 0.29) is 0 Å². The van der Waals surface area contributed by atoms with Crippen molar-refractivity contribution in [1.82, 2.24) is 0 Å². The molecule has 2 aromatic rings. The fraction of sp³-hybridized carbons (Fsp3) is 0.300. The predicted octanol–water partition coefficient (Wildman–Crippen LogP) is 4.76. The maximum absolute atomic E-state index is 12.5. The van der Waals surface area contributed by atoms with Crippen LogP contribution in [-0.4, -0.2) is 18.0 Å². The summed E-state index contributed by atoms with van der Waals surface area (Å²) in [6.45, 7) is 9.10. The first-order valence-electron chi connectivity index (χ1n) is 8.05. The second kappa shape index (κ2) is 7.70. The van der Waals surface area contributed by atoms with Crippen LogP contribution in [0.1, 0.15) is 39.5 Å². The lowest BCUT2D eigenvalue weighted by Crippen LogP contribution is -2.30. The summed E-state index contributed by atoms with van der Waals surface area (Å²) in [5.74, 6) is -0.901. The number of amides is 1. The third-order valence-corrected chi connectivity index (χ3v) is 4.23. The van der Waals surface area contributed by atoms with Crippen LogP contribution in [0.25, 0.3) is 0 Å². The number of benzene rings is 2. The van der Waals surface area contributed by atoms with Gasteiger partial charge in [-0.25, -0.2) is 4.79 Å². The summed E-state index contributed by atoms with van der Waals surface area (Å²) in [6.07, 6.45) is -0.925. The van der Waals surface area contributed by atoms with Gasteiger partial charge in [0.2, 0.25) is 0 Å². The maximum atomic E-state index is 12.5. The first-order valence-corrected chi connectivity index (χ1v) is 8.42. The van der Waals surface area contributed by atoms with E-state index in [1.54, 1.807) is 19.1 Å². The van der Waals surface area contributed by atoms with Gasteiger partial charge in [-0.2, -0.15) is 0 Å². The molecule has 0 aliphatic rings. The third kappa shape index (κ3) is 4.60. The topological polar surface area (TPSA) is 55.4 Å². The van der Waals surface area contributed by atoms with Gasteiger partial charge in [0, 0.05) is 10.7 Å².